The third kappa shape index (κ3) is 5.90. The van der Waals surface area contributed by atoms with Crippen LogP contribution in [0.2, 0.25) is 0 Å². The van der Waals surface area contributed by atoms with Gasteiger partial charge in [0.15, 0.2) is 11.4 Å². The Morgan fingerprint density at radius 1 is 1.13 bits per heavy atom. The third-order valence-corrected chi connectivity index (χ3v) is 6.16. The summed E-state index contributed by atoms with van der Waals surface area (Å²) in [7, 11) is 0. The van der Waals surface area contributed by atoms with E-state index in [1.54, 1.807) is 30.3 Å². The minimum Gasteiger partial charge on any atom is -0.453 e. The number of amides is 1. The number of aryl methyl sites for hydroxylation is 1. The fraction of sp³-hybridized carbons (Fsp3) is 0.207. The van der Waals surface area contributed by atoms with Crippen molar-refractivity contribution in [3.8, 4) is 17.2 Å². The lowest BCUT2D eigenvalue weighted by Gasteiger charge is -2.15. The predicted molar refractivity (Wildman–Crippen MR) is 142 cm³/mol. The van der Waals surface area contributed by atoms with Crippen LogP contribution in [-0.2, 0) is 4.74 Å². The van der Waals surface area contributed by atoms with Gasteiger partial charge in [-0.3, -0.25) is 9.59 Å². The van der Waals surface area contributed by atoms with E-state index in [0.29, 0.717) is 29.2 Å². The molecular formula is C29H27FN4O4. The monoisotopic (exact) mass is 514 g/mol. The highest BCUT2D eigenvalue weighted by Gasteiger charge is 2.18. The zero-order valence-electron chi connectivity index (χ0n) is 20.8. The molecule has 38 heavy (non-hydrogen) atoms. The first-order valence-corrected chi connectivity index (χ1v) is 12.4. The smallest absolute Gasteiger partial charge is 0.299 e. The molecule has 194 valence electrons. The maximum Gasteiger partial charge on any atom is 0.299 e. The van der Waals surface area contributed by atoms with Crippen LogP contribution in [0.15, 0.2) is 83.8 Å². The average molecular weight is 515 g/mol. The number of ether oxygens (including phenoxy) is 2. The van der Waals surface area contributed by atoms with Gasteiger partial charge in [-0.15, -0.1) is 0 Å². The van der Waals surface area contributed by atoms with E-state index in [1.165, 1.54) is 30.5 Å². The molecular weight excluding hydrogens is 487 g/mol. The van der Waals surface area contributed by atoms with E-state index in [9.17, 15) is 14.0 Å². The van der Waals surface area contributed by atoms with Gasteiger partial charge >= 0.3 is 0 Å². The summed E-state index contributed by atoms with van der Waals surface area (Å²) in [5.74, 6) is 0.155. The molecule has 1 atom stereocenters. The van der Waals surface area contributed by atoms with Crippen molar-refractivity contribution in [1.82, 2.24) is 15.1 Å². The van der Waals surface area contributed by atoms with Crippen LogP contribution in [-0.4, -0.2) is 34.9 Å². The maximum atomic E-state index is 13.5. The van der Waals surface area contributed by atoms with Crippen LogP contribution in [0.1, 0.15) is 28.8 Å². The first-order chi connectivity index (χ1) is 18.5. The SMILES string of the molecule is Cc1cccc(Oc2cnn(-c3ccc(F)cc3)c(=O)c2Nc2ccc(C(=O)NCC3CCCO3)cc2)c1. The minimum atomic E-state index is -0.486. The van der Waals surface area contributed by atoms with Crippen molar-refractivity contribution in [2.45, 2.75) is 25.9 Å². The summed E-state index contributed by atoms with van der Waals surface area (Å²) in [4.78, 5) is 26.1. The Hall–Kier alpha value is -4.50. The molecule has 1 unspecified atom stereocenters. The molecule has 2 N–H and O–H groups in total. The number of anilines is 2. The van der Waals surface area contributed by atoms with E-state index in [4.69, 9.17) is 9.47 Å². The first-order valence-electron chi connectivity index (χ1n) is 12.4. The second-order valence-electron chi connectivity index (χ2n) is 9.04. The molecule has 1 saturated heterocycles. The van der Waals surface area contributed by atoms with Crippen LogP contribution in [0.3, 0.4) is 0 Å². The molecule has 1 aliphatic heterocycles. The van der Waals surface area contributed by atoms with Gasteiger partial charge in [-0.1, -0.05) is 12.1 Å². The topological polar surface area (TPSA) is 94.5 Å². The largest absolute Gasteiger partial charge is 0.453 e. The lowest BCUT2D eigenvalue weighted by molar-refractivity contribution is 0.0858. The number of carbonyl (C=O) groups excluding carboxylic acids is 1. The van der Waals surface area contributed by atoms with Crippen LogP contribution >= 0.6 is 0 Å². The van der Waals surface area contributed by atoms with E-state index in [0.717, 1.165) is 29.7 Å². The molecule has 9 heteroatoms. The number of nitrogens with zero attached hydrogens (tertiary/aromatic N) is 2. The summed E-state index contributed by atoms with van der Waals surface area (Å²) < 4.78 is 26.2. The predicted octanol–water partition coefficient (Wildman–Crippen LogP) is 5.12. The van der Waals surface area contributed by atoms with Gasteiger partial charge in [0.05, 0.1) is 18.0 Å². The summed E-state index contributed by atoms with van der Waals surface area (Å²) in [6.07, 6.45) is 3.44. The molecule has 5 rings (SSSR count). The molecule has 0 saturated carbocycles. The van der Waals surface area contributed by atoms with E-state index in [1.807, 2.05) is 25.1 Å². The van der Waals surface area contributed by atoms with Crippen molar-refractivity contribution in [1.29, 1.82) is 0 Å². The Morgan fingerprint density at radius 2 is 1.92 bits per heavy atom. The average Bonchev–Trinajstić information content (AvgIpc) is 3.44. The van der Waals surface area contributed by atoms with Crippen LogP contribution in [0.25, 0.3) is 5.69 Å². The van der Waals surface area contributed by atoms with E-state index < -0.39 is 11.4 Å². The van der Waals surface area contributed by atoms with Gasteiger partial charge in [0, 0.05) is 24.4 Å². The fourth-order valence-electron chi connectivity index (χ4n) is 4.17. The second-order valence-corrected chi connectivity index (χ2v) is 9.04. The Morgan fingerprint density at radius 3 is 2.63 bits per heavy atom. The Balaban J connectivity index is 1.41. The van der Waals surface area contributed by atoms with Gasteiger partial charge in [0.25, 0.3) is 11.5 Å². The van der Waals surface area contributed by atoms with E-state index in [2.05, 4.69) is 15.7 Å². The highest BCUT2D eigenvalue weighted by Crippen LogP contribution is 2.29. The Kier molecular flexibility index (Phi) is 7.46. The van der Waals surface area contributed by atoms with Crippen molar-refractivity contribution in [2.75, 3.05) is 18.5 Å². The highest BCUT2D eigenvalue weighted by molar-refractivity contribution is 5.94. The summed E-state index contributed by atoms with van der Waals surface area (Å²) >= 11 is 0. The van der Waals surface area contributed by atoms with Crippen LogP contribution in [0.4, 0.5) is 15.8 Å². The molecule has 1 amide bonds. The quantitative estimate of drug-likeness (QED) is 0.339. The molecule has 0 spiro atoms. The lowest BCUT2D eigenvalue weighted by Crippen LogP contribution is -2.31. The van der Waals surface area contributed by atoms with E-state index in [-0.39, 0.29) is 23.4 Å². The molecule has 8 nitrogen and oxygen atoms in total. The Labute approximate surface area is 219 Å². The molecule has 0 radical (unpaired) electrons. The van der Waals surface area contributed by atoms with Crippen LogP contribution < -0.4 is 20.9 Å². The summed E-state index contributed by atoms with van der Waals surface area (Å²) in [6.45, 7) is 3.14. The summed E-state index contributed by atoms with van der Waals surface area (Å²) in [6, 6.07) is 19.7. The van der Waals surface area contributed by atoms with Crippen molar-refractivity contribution in [3.05, 3.63) is 106 Å². The normalized spacial score (nSPS) is 14.7. The lowest BCUT2D eigenvalue weighted by atomic mass is 10.1. The van der Waals surface area contributed by atoms with Crippen molar-refractivity contribution in [3.63, 3.8) is 0 Å². The molecule has 3 aromatic carbocycles. The Bertz CT molecular complexity index is 1480. The summed E-state index contributed by atoms with van der Waals surface area (Å²) in [5, 5.41) is 10.3. The number of benzene rings is 3. The van der Waals surface area contributed by atoms with Gasteiger partial charge in [0.2, 0.25) is 0 Å². The number of rotatable bonds is 8. The van der Waals surface area contributed by atoms with E-state index >= 15 is 0 Å². The zero-order valence-corrected chi connectivity index (χ0v) is 20.8. The number of halogens is 1. The van der Waals surface area contributed by atoms with Crippen LogP contribution in [0, 0.1) is 12.7 Å². The van der Waals surface area contributed by atoms with Gasteiger partial charge < -0.3 is 20.1 Å². The third-order valence-electron chi connectivity index (χ3n) is 6.16. The van der Waals surface area contributed by atoms with Crippen molar-refractivity contribution < 1.29 is 18.7 Å². The summed E-state index contributed by atoms with van der Waals surface area (Å²) in [5.41, 5.74) is 2.12. The number of hydrogen-bond donors (Lipinski definition) is 2. The van der Waals surface area contributed by atoms with Gasteiger partial charge in [-0.25, -0.2) is 4.39 Å². The molecule has 0 aliphatic carbocycles. The number of nitrogens with one attached hydrogen (secondary N) is 2. The zero-order chi connectivity index (χ0) is 26.5. The fourth-order valence-corrected chi connectivity index (χ4v) is 4.17. The molecule has 1 aromatic heterocycles. The standard InChI is InChI=1S/C29H27FN4O4/c1-19-4-2-5-24(16-19)38-26-18-32-34(23-13-9-21(30)10-14-23)29(36)27(26)33-22-11-7-20(8-12-22)28(35)31-17-25-6-3-15-37-25/h2,4-5,7-14,16,18,25,33H,3,6,15,17H2,1H3,(H,31,35). The van der Waals surface area contributed by atoms with Gasteiger partial charge in [-0.05, 0) is 86.0 Å². The van der Waals surface area contributed by atoms with Crippen LogP contribution in [0.5, 0.6) is 11.5 Å². The maximum absolute atomic E-state index is 13.5. The number of carbonyl (C=O) groups is 1. The minimum absolute atomic E-state index is 0.0571. The van der Waals surface area contributed by atoms with Gasteiger partial charge in [0.1, 0.15) is 11.6 Å². The number of hydrogen-bond acceptors (Lipinski definition) is 6. The molecule has 2 heterocycles. The highest BCUT2D eigenvalue weighted by atomic mass is 19.1. The second kappa shape index (κ2) is 11.3. The first kappa shape index (κ1) is 25.2. The van der Waals surface area contributed by atoms with Gasteiger partial charge in [-0.2, -0.15) is 9.78 Å². The molecule has 4 aromatic rings. The molecule has 0 bridgehead atoms. The van der Waals surface area contributed by atoms with Crippen molar-refractivity contribution in [2.24, 2.45) is 0 Å². The van der Waals surface area contributed by atoms with Crippen molar-refractivity contribution >= 4 is 17.3 Å². The number of aromatic nitrogens is 2. The molecule has 1 fully saturated rings. The molecule has 1 aliphatic rings.